The quantitative estimate of drug-likeness (QED) is 0.867. The van der Waals surface area contributed by atoms with Crippen LogP contribution in [0.4, 0.5) is 19.3 Å². The molecule has 2 N–H and O–H groups in total. The minimum Gasteiger partial charge on any atom is -0.395 e. The molecule has 1 aliphatic rings. The van der Waals surface area contributed by atoms with Crippen LogP contribution in [0.1, 0.15) is 13.3 Å². The molecule has 1 aliphatic heterocycles. The number of amides is 2. The lowest BCUT2D eigenvalue weighted by Gasteiger charge is -2.23. The highest BCUT2D eigenvalue weighted by Crippen LogP contribution is 2.24. The zero-order chi connectivity index (χ0) is 16.1. The number of anilines is 1. The number of benzene rings is 1. The summed E-state index contributed by atoms with van der Waals surface area (Å²) < 4.78 is 26.7. The molecule has 0 aliphatic carbocycles. The summed E-state index contributed by atoms with van der Waals surface area (Å²) in [6.07, 6.45) is 0.694. The van der Waals surface area contributed by atoms with Crippen molar-refractivity contribution in [2.75, 3.05) is 37.7 Å². The SMILES string of the molecule is CCN(CCO)C(=O)NC1CCN(c2ccc(F)cc2F)C1. The Labute approximate surface area is 128 Å². The Bertz CT molecular complexity index is 528. The van der Waals surface area contributed by atoms with Crippen LogP contribution >= 0.6 is 0 Å². The summed E-state index contributed by atoms with van der Waals surface area (Å²) >= 11 is 0. The van der Waals surface area contributed by atoms with Crippen molar-refractivity contribution in [3.8, 4) is 0 Å². The molecule has 1 heterocycles. The molecule has 7 heteroatoms. The number of nitrogens with one attached hydrogen (secondary N) is 1. The number of hydrogen-bond donors (Lipinski definition) is 2. The third-order valence-electron chi connectivity index (χ3n) is 3.81. The lowest BCUT2D eigenvalue weighted by Crippen LogP contribution is -2.46. The highest BCUT2D eigenvalue weighted by molar-refractivity contribution is 5.74. The molecule has 0 bridgehead atoms. The number of aliphatic hydroxyl groups is 1. The van der Waals surface area contributed by atoms with E-state index in [9.17, 15) is 13.6 Å². The number of nitrogens with zero attached hydrogens (tertiary/aromatic N) is 2. The summed E-state index contributed by atoms with van der Waals surface area (Å²) in [6, 6.07) is 3.18. The predicted octanol–water partition coefficient (Wildman–Crippen LogP) is 1.57. The van der Waals surface area contributed by atoms with Crippen LogP contribution in [-0.4, -0.2) is 54.9 Å². The molecule has 1 atom stereocenters. The first kappa shape index (κ1) is 16.5. The van der Waals surface area contributed by atoms with Crippen LogP contribution in [0.25, 0.3) is 0 Å². The Morgan fingerprint density at radius 2 is 2.27 bits per heavy atom. The van der Waals surface area contributed by atoms with Gasteiger partial charge in [0.1, 0.15) is 11.6 Å². The van der Waals surface area contributed by atoms with E-state index in [1.54, 1.807) is 4.90 Å². The van der Waals surface area contributed by atoms with E-state index in [2.05, 4.69) is 5.32 Å². The van der Waals surface area contributed by atoms with E-state index in [0.29, 0.717) is 31.7 Å². The fourth-order valence-electron chi connectivity index (χ4n) is 2.62. The van der Waals surface area contributed by atoms with Gasteiger partial charge in [0.05, 0.1) is 12.3 Å². The second-order valence-corrected chi connectivity index (χ2v) is 5.28. The summed E-state index contributed by atoms with van der Waals surface area (Å²) in [5, 5.41) is 11.8. The number of hydrogen-bond acceptors (Lipinski definition) is 3. The molecule has 0 radical (unpaired) electrons. The minimum absolute atomic E-state index is 0.0845. The van der Waals surface area contributed by atoms with Crippen LogP contribution in [0.5, 0.6) is 0 Å². The van der Waals surface area contributed by atoms with Crippen LogP contribution in [0, 0.1) is 11.6 Å². The molecule has 22 heavy (non-hydrogen) atoms. The standard InChI is InChI=1S/C15H21F2N3O2/c1-2-19(7-8-21)15(22)18-12-5-6-20(10-12)14-4-3-11(16)9-13(14)17/h3-4,9,12,21H,2,5-8,10H2,1H3,(H,18,22). The molecule has 1 fully saturated rings. The van der Waals surface area contributed by atoms with Gasteiger partial charge in [-0.2, -0.15) is 0 Å². The average molecular weight is 313 g/mol. The minimum atomic E-state index is -0.604. The monoisotopic (exact) mass is 313 g/mol. The molecule has 1 aromatic carbocycles. The van der Waals surface area contributed by atoms with Crippen LogP contribution in [-0.2, 0) is 0 Å². The van der Waals surface area contributed by atoms with Crippen molar-refractivity contribution in [2.45, 2.75) is 19.4 Å². The van der Waals surface area contributed by atoms with Gasteiger partial charge in [-0.25, -0.2) is 13.6 Å². The van der Waals surface area contributed by atoms with Gasteiger partial charge in [-0.1, -0.05) is 0 Å². The van der Waals surface area contributed by atoms with Crippen molar-refractivity contribution in [1.82, 2.24) is 10.2 Å². The number of carbonyl (C=O) groups is 1. The lowest BCUT2D eigenvalue weighted by atomic mass is 10.2. The zero-order valence-corrected chi connectivity index (χ0v) is 12.6. The maximum Gasteiger partial charge on any atom is 0.317 e. The molecule has 1 unspecified atom stereocenters. The van der Waals surface area contributed by atoms with E-state index < -0.39 is 11.6 Å². The van der Waals surface area contributed by atoms with Crippen molar-refractivity contribution in [3.05, 3.63) is 29.8 Å². The number of urea groups is 1. The molecular formula is C15H21F2N3O2. The van der Waals surface area contributed by atoms with Gasteiger partial charge < -0.3 is 20.2 Å². The van der Waals surface area contributed by atoms with E-state index in [1.165, 1.54) is 17.0 Å². The van der Waals surface area contributed by atoms with E-state index >= 15 is 0 Å². The first-order valence-electron chi connectivity index (χ1n) is 7.41. The second kappa shape index (κ2) is 7.40. The molecule has 2 rings (SSSR count). The smallest absolute Gasteiger partial charge is 0.317 e. The van der Waals surface area contributed by atoms with Crippen LogP contribution in [0.2, 0.25) is 0 Å². The molecule has 0 saturated carbocycles. The lowest BCUT2D eigenvalue weighted by molar-refractivity contribution is 0.178. The van der Waals surface area contributed by atoms with Crippen molar-refractivity contribution in [1.29, 1.82) is 0 Å². The van der Waals surface area contributed by atoms with Gasteiger partial charge in [-0.05, 0) is 25.5 Å². The second-order valence-electron chi connectivity index (χ2n) is 5.28. The van der Waals surface area contributed by atoms with E-state index in [-0.39, 0.29) is 25.2 Å². The number of rotatable bonds is 5. The third kappa shape index (κ3) is 3.85. The van der Waals surface area contributed by atoms with E-state index in [1.807, 2.05) is 6.92 Å². The molecule has 1 saturated heterocycles. The van der Waals surface area contributed by atoms with Crippen LogP contribution in [0.3, 0.4) is 0 Å². The van der Waals surface area contributed by atoms with Crippen molar-refractivity contribution in [2.24, 2.45) is 0 Å². The van der Waals surface area contributed by atoms with Gasteiger partial charge in [0.25, 0.3) is 0 Å². The van der Waals surface area contributed by atoms with Crippen LogP contribution < -0.4 is 10.2 Å². The molecule has 1 aromatic rings. The maximum absolute atomic E-state index is 13.8. The Morgan fingerprint density at radius 3 is 2.91 bits per heavy atom. The molecule has 122 valence electrons. The number of halogens is 2. The summed E-state index contributed by atoms with van der Waals surface area (Å²) in [5.41, 5.74) is 0.348. The van der Waals surface area contributed by atoms with Gasteiger partial charge in [0.2, 0.25) is 0 Å². The maximum atomic E-state index is 13.8. The fraction of sp³-hybridized carbons (Fsp3) is 0.533. The summed E-state index contributed by atoms with van der Waals surface area (Å²) in [4.78, 5) is 15.3. The molecule has 0 spiro atoms. The van der Waals surface area contributed by atoms with E-state index in [4.69, 9.17) is 5.11 Å². The Kier molecular flexibility index (Phi) is 5.54. The van der Waals surface area contributed by atoms with Crippen LogP contribution in [0.15, 0.2) is 18.2 Å². The number of aliphatic hydroxyl groups excluding tert-OH is 1. The van der Waals surface area contributed by atoms with Gasteiger partial charge >= 0.3 is 6.03 Å². The summed E-state index contributed by atoms with van der Waals surface area (Å²) in [6.45, 7) is 3.62. The zero-order valence-electron chi connectivity index (χ0n) is 12.6. The normalized spacial score (nSPS) is 17.6. The highest BCUT2D eigenvalue weighted by atomic mass is 19.1. The highest BCUT2D eigenvalue weighted by Gasteiger charge is 2.27. The molecule has 5 nitrogen and oxygen atoms in total. The summed E-state index contributed by atoms with van der Waals surface area (Å²) in [5.74, 6) is -1.20. The average Bonchev–Trinajstić information content (AvgIpc) is 2.92. The van der Waals surface area contributed by atoms with Crippen molar-refractivity contribution >= 4 is 11.7 Å². The van der Waals surface area contributed by atoms with Gasteiger partial charge in [0.15, 0.2) is 0 Å². The Balaban J connectivity index is 1.93. The van der Waals surface area contributed by atoms with E-state index in [0.717, 1.165) is 6.07 Å². The first-order chi connectivity index (χ1) is 10.5. The Morgan fingerprint density at radius 1 is 1.50 bits per heavy atom. The third-order valence-corrected chi connectivity index (χ3v) is 3.81. The number of likely N-dealkylation sites (N-methyl/N-ethyl adjacent to an activating group) is 1. The van der Waals surface area contributed by atoms with Crippen molar-refractivity contribution < 1.29 is 18.7 Å². The number of carbonyl (C=O) groups excluding carboxylic acids is 1. The molecule has 0 aromatic heterocycles. The Hall–Kier alpha value is -1.89. The summed E-state index contributed by atoms with van der Waals surface area (Å²) in [7, 11) is 0. The topological polar surface area (TPSA) is 55.8 Å². The molecular weight excluding hydrogens is 292 g/mol. The molecule has 2 amide bonds. The fourth-order valence-corrected chi connectivity index (χ4v) is 2.62. The van der Waals surface area contributed by atoms with Gasteiger partial charge in [-0.3, -0.25) is 0 Å². The first-order valence-corrected chi connectivity index (χ1v) is 7.41. The van der Waals surface area contributed by atoms with Gasteiger partial charge in [-0.15, -0.1) is 0 Å². The van der Waals surface area contributed by atoms with Gasteiger partial charge in [0, 0.05) is 38.3 Å². The predicted molar refractivity (Wildman–Crippen MR) is 79.8 cm³/mol. The van der Waals surface area contributed by atoms with Crippen molar-refractivity contribution in [3.63, 3.8) is 0 Å². The largest absolute Gasteiger partial charge is 0.395 e.